The van der Waals surface area contributed by atoms with Crippen LogP contribution in [0.3, 0.4) is 0 Å². The van der Waals surface area contributed by atoms with E-state index in [2.05, 4.69) is 9.88 Å². The number of rotatable bonds is 5. The number of nitrogens with zero attached hydrogens (tertiary/aromatic N) is 3. The Hall–Kier alpha value is -2.05. The minimum atomic E-state index is -0.223. The van der Waals surface area contributed by atoms with Crippen LogP contribution in [0.1, 0.15) is 42.7 Å². The van der Waals surface area contributed by atoms with Gasteiger partial charge < -0.3 is 5.73 Å². The molecule has 1 aromatic carbocycles. The second-order valence-electron chi connectivity index (χ2n) is 7.00. The third-order valence-corrected chi connectivity index (χ3v) is 5.91. The summed E-state index contributed by atoms with van der Waals surface area (Å²) in [6, 6.07) is 9.30. The van der Waals surface area contributed by atoms with Crippen LogP contribution < -0.4 is 5.73 Å². The molecule has 0 aliphatic heterocycles. The second-order valence-corrected chi connectivity index (χ2v) is 8.15. The number of nitrogens with two attached hydrogens (primary N) is 1. The highest BCUT2D eigenvalue weighted by Crippen LogP contribution is 2.27. The molecule has 0 spiro atoms. The van der Waals surface area contributed by atoms with Crippen molar-refractivity contribution >= 4 is 27.4 Å². The zero-order valence-corrected chi connectivity index (χ0v) is 15.5. The molecule has 4 nitrogen and oxygen atoms in total. The molecule has 1 aliphatic rings. The van der Waals surface area contributed by atoms with Gasteiger partial charge in [-0.2, -0.15) is 0 Å². The number of aromatic nitrogens is 2. The summed E-state index contributed by atoms with van der Waals surface area (Å²) in [5.74, 6) is -0.223. The Bertz CT molecular complexity index is 888. The van der Waals surface area contributed by atoms with E-state index in [9.17, 15) is 4.39 Å². The fraction of sp³-hybridized carbons (Fsp3) is 0.400. The Balaban J connectivity index is 1.57. The van der Waals surface area contributed by atoms with Crippen LogP contribution in [0.25, 0.3) is 10.9 Å². The van der Waals surface area contributed by atoms with E-state index in [1.807, 2.05) is 18.3 Å². The van der Waals surface area contributed by atoms with Gasteiger partial charge in [-0.15, -0.1) is 11.3 Å². The third-order valence-electron chi connectivity index (χ3n) is 5.10. The van der Waals surface area contributed by atoms with E-state index < -0.39 is 0 Å². The van der Waals surface area contributed by atoms with Crippen LogP contribution in [-0.2, 0) is 13.1 Å². The molecular formula is C20H23FN4S. The molecule has 0 radical (unpaired) electrons. The first-order valence-electron chi connectivity index (χ1n) is 9.17. The lowest BCUT2D eigenvalue weighted by molar-refractivity contribution is 0.139. The molecule has 4 rings (SSSR count). The maximum Gasteiger partial charge on any atom is 0.180 e. The van der Waals surface area contributed by atoms with E-state index in [4.69, 9.17) is 10.7 Å². The van der Waals surface area contributed by atoms with Crippen LogP contribution >= 0.6 is 11.3 Å². The van der Waals surface area contributed by atoms with E-state index in [-0.39, 0.29) is 5.82 Å². The number of thiazole rings is 1. The summed E-state index contributed by atoms with van der Waals surface area (Å²) in [7, 11) is 0. The molecular weight excluding hydrogens is 347 g/mol. The summed E-state index contributed by atoms with van der Waals surface area (Å²) in [6.45, 7) is 1.64. The summed E-state index contributed by atoms with van der Waals surface area (Å²) in [6.07, 6.45) is 8.25. The highest BCUT2D eigenvalue weighted by Gasteiger charge is 2.22. The summed E-state index contributed by atoms with van der Waals surface area (Å²) in [5.41, 5.74) is 7.67. The monoisotopic (exact) mass is 370 g/mol. The van der Waals surface area contributed by atoms with Gasteiger partial charge in [0.05, 0.1) is 11.2 Å². The quantitative estimate of drug-likeness (QED) is 0.704. The molecule has 2 N–H and O–H groups in total. The van der Waals surface area contributed by atoms with E-state index in [0.29, 0.717) is 11.2 Å². The largest absolute Gasteiger partial charge is 0.375 e. The normalized spacial score (nSPS) is 15.8. The molecule has 1 aliphatic carbocycles. The molecule has 136 valence electrons. The highest BCUT2D eigenvalue weighted by atomic mass is 32.1. The Labute approximate surface area is 156 Å². The molecule has 0 unspecified atom stereocenters. The van der Waals surface area contributed by atoms with Crippen molar-refractivity contribution in [2.24, 2.45) is 0 Å². The number of nitrogen functional groups attached to an aromatic ring is 1. The highest BCUT2D eigenvalue weighted by molar-refractivity contribution is 7.15. The Morgan fingerprint density at radius 1 is 1.12 bits per heavy atom. The smallest absolute Gasteiger partial charge is 0.180 e. The van der Waals surface area contributed by atoms with Crippen LogP contribution in [0.4, 0.5) is 9.52 Å². The number of hydrogen-bond acceptors (Lipinski definition) is 5. The molecule has 26 heavy (non-hydrogen) atoms. The van der Waals surface area contributed by atoms with Crippen LogP contribution in [0.2, 0.25) is 0 Å². The Morgan fingerprint density at radius 3 is 2.73 bits per heavy atom. The molecule has 2 heterocycles. The van der Waals surface area contributed by atoms with Crippen molar-refractivity contribution in [1.82, 2.24) is 14.9 Å². The number of hydrogen-bond donors (Lipinski definition) is 1. The van der Waals surface area contributed by atoms with Gasteiger partial charge in [0.25, 0.3) is 0 Å². The van der Waals surface area contributed by atoms with E-state index >= 15 is 0 Å². The number of benzene rings is 1. The first-order chi connectivity index (χ1) is 12.7. The molecule has 6 heteroatoms. The zero-order valence-electron chi connectivity index (χ0n) is 14.7. The lowest BCUT2D eigenvalue weighted by atomic mass is 9.94. The number of anilines is 1. The zero-order chi connectivity index (χ0) is 17.9. The predicted molar refractivity (Wildman–Crippen MR) is 104 cm³/mol. The molecule has 0 saturated heterocycles. The fourth-order valence-corrected chi connectivity index (χ4v) is 4.50. The maximum atomic E-state index is 13.4. The number of pyridine rings is 1. The van der Waals surface area contributed by atoms with Crippen LogP contribution in [0.5, 0.6) is 0 Å². The van der Waals surface area contributed by atoms with Gasteiger partial charge in [0, 0.05) is 35.6 Å². The van der Waals surface area contributed by atoms with Crippen LogP contribution in [0.15, 0.2) is 36.5 Å². The van der Waals surface area contributed by atoms with Crippen molar-refractivity contribution in [3.05, 3.63) is 52.9 Å². The van der Waals surface area contributed by atoms with Crippen molar-refractivity contribution in [1.29, 1.82) is 0 Å². The summed E-state index contributed by atoms with van der Waals surface area (Å²) in [4.78, 5) is 12.6. The lowest BCUT2D eigenvalue weighted by Gasteiger charge is -2.33. The van der Waals surface area contributed by atoms with Crippen LogP contribution in [0, 0.1) is 5.82 Å². The third kappa shape index (κ3) is 4.02. The van der Waals surface area contributed by atoms with Crippen molar-refractivity contribution in [3.8, 4) is 0 Å². The average molecular weight is 370 g/mol. The van der Waals surface area contributed by atoms with Crippen molar-refractivity contribution in [3.63, 3.8) is 0 Å². The van der Waals surface area contributed by atoms with Gasteiger partial charge in [-0.1, -0.05) is 25.3 Å². The Morgan fingerprint density at radius 2 is 1.96 bits per heavy atom. The standard InChI is InChI=1S/C20H23FN4S/c21-15-7-9-19-14(10-15)6-8-16(24-19)12-25(17-4-2-1-3-5-17)13-18-11-23-20(22)26-18/h6-11,17H,1-5,12-13H2,(H2,22,23). The summed E-state index contributed by atoms with van der Waals surface area (Å²) >= 11 is 1.56. The predicted octanol–water partition coefficient (Wildman–Crippen LogP) is 4.75. The fourth-order valence-electron chi connectivity index (χ4n) is 3.79. The summed E-state index contributed by atoms with van der Waals surface area (Å²) in [5, 5.41) is 1.46. The van der Waals surface area contributed by atoms with Gasteiger partial charge in [0.1, 0.15) is 5.82 Å². The van der Waals surface area contributed by atoms with Gasteiger partial charge in [-0.05, 0) is 37.1 Å². The molecule has 1 fully saturated rings. The van der Waals surface area contributed by atoms with Crippen molar-refractivity contribution < 1.29 is 4.39 Å². The summed E-state index contributed by atoms with van der Waals surface area (Å²) < 4.78 is 13.4. The van der Waals surface area contributed by atoms with Gasteiger partial charge in [0.15, 0.2) is 5.13 Å². The van der Waals surface area contributed by atoms with Gasteiger partial charge in [-0.25, -0.2) is 9.37 Å². The van der Waals surface area contributed by atoms with E-state index in [0.717, 1.165) is 29.7 Å². The molecule has 3 aromatic rings. The van der Waals surface area contributed by atoms with Crippen LogP contribution in [-0.4, -0.2) is 20.9 Å². The van der Waals surface area contributed by atoms with Gasteiger partial charge in [-0.3, -0.25) is 9.88 Å². The molecule has 0 amide bonds. The maximum absolute atomic E-state index is 13.4. The minimum absolute atomic E-state index is 0.223. The van der Waals surface area contributed by atoms with E-state index in [1.54, 1.807) is 17.4 Å². The van der Waals surface area contributed by atoms with Crippen molar-refractivity contribution in [2.75, 3.05) is 5.73 Å². The molecule has 2 aromatic heterocycles. The first kappa shape index (κ1) is 17.4. The SMILES string of the molecule is Nc1ncc(CN(Cc2ccc3cc(F)ccc3n2)C2CCCCC2)s1. The topological polar surface area (TPSA) is 55.0 Å². The van der Waals surface area contributed by atoms with Gasteiger partial charge in [0.2, 0.25) is 0 Å². The van der Waals surface area contributed by atoms with Gasteiger partial charge >= 0.3 is 0 Å². The van der Waals surface area contributed by atoms with Crippen molar-refractivity contribution in [2.45, 2.75) is 51.2 Å². The number of fused-ring (bicyclic) bond motifs is 1. The Kier molecular flexibility index (Phi) is 5.13. The first-order valence-corrected chi connectivity index (χ1v) is 9.98. The average Bonchev–Trinajstić information content (AvgIpc) is 3.07. The lowest BCUT2D eigenvalue weighted by Crippen LogP contribution is -2.35. The number of halogens is 1. The molecule has 1 saturated carbocycles. The second kappa shape index (κ2) is 7.68. The van der Waals surface area contributed by atoms with E-state index in [1.165, 1.54) is 49.1 Å². The molecule has 0 bridgehead atoms. The molecule has 0 atom stereocenters. The minimum Gasteiger partial charge on any atom is -0.375 e.